The maximum atomic E-state index is 4.53. The first-order valence-electron chi connectivity index (χ1n) is 7.01. The zero-order valence-electron chi connectivity index (χ0n) is 13.6. The van der Waals surface area contributed by atoms with Crippen LogP contribution in [0.2, 0.25) is 0 Å². The zero-order valence-corrected chi connectivity index (χ0v) is 14.4. The van der Waals surface area contributed by atoms with Crippen molar-refractivity contribution in [3.8, 4) is 0 Å². The maximum absolute atomic E-state index is 4.53. The molecule has 21 heavy (non-hydrogen) atoms. The van der Waals surface area contributed by atoms with Gasteiger partial charge in [0.2, 0.25) is 0 Å². The number of nitrogens with zero attached hydrogens (tertiary/aromatic N) is 4. The summed E-state index contributed by atoms with van der Waals surface area (Å²) in [5, 5.41) is 9.90. The highest BCUT2D eigenvalue weighted by Gasteiger charge is 2.18. The van der Waals surface area contributed by atoms with E-state index in [0.717, 1.165) is 28.1 Å². The largest absolute Gasteiger partial charge is 0.308 e. The number of aromatic nitrogens is 4. The van der Waals surface area contributed by atoms with Crippen LogP contribution in [0.3, 0.4) is 0 Å². The van der Waals surface area contributed by atoms with Crippen molar-refractivity contribution in [3.05, 3.63) is 29.2 Å². The number of hydrogen-bond donors (Lipinski definition) is 1. The van der Waals surface area contributed by atoms with Crippen molar-refractivity contribution in [2.75, 3.05) is 0 Å². The lowest BCUT2D eigenvalue weighted by Gasteiger charge is -2.20. The first-order valence-corrected chi connectivity index (χ1v) is 7.83. The second kappa shape index (κ2) is 6.15. The summed E-state index contributed by atoms with van der Waals surface area (Å²) in [6.07, 6.45) is 1.79. The quantitative estimate of drug-likeness (QED) is 0.880. The molecule has 0 radical (unpaired) electrons. The lowest BCUT2D eigenvalue weighted by atomic mass is 10.1. The Morgan fingerprint density at radius 2 is 2.00 bits per heavy atom. The Hall–Kier alpha value is -1.40. The molecule has 0 aromatic carbocycles. The van der Waals surface area contributed by atoms with E-state index in [0.29, 0.717) is 0 Å². The van der Waals surface area contributed by atoms with Gasteiger partial charge < -0.3 is 5.32 Å². The standard InChI is InChI=1S/C15H23N5S/c1-10-7-8-16-14(18-10)21-13-12(9-17-15(3,4)5)11(2)19-20(13)6/h7-8,17H,9H2,1-6H3. The molecule has 0 unspecified atom stereocenters. The molecule has 1 N–H and O–H groups in total. The molecule has 0 aliphatic heterocycles. The molecule has 2 heterocycles. The zero-order chi connectivity index (χ0) is 15.6. The van der Waals surface area contributed by atoms with Crippen LogP contribution < -0.4 is 5.32 Å². The SMILES string of the molecule is Cc1ccnc(Sc2c(CNC(C)(C)C)c(C)nn2C)n1. The Balaban J connectivity index is 2.26. The van der Waals surface area contributed by atoms with Gasteiger partial charge in [0.25, 0.3) is 0 Å². The molecule has 0 saturated carbocycles. The molecule has 0 saturated heterocycles. The normalized spacial score (nSPS) is 11.9. The third-order valence-corrected chi connectivity index (χ3v) is 4.13. The molecule has 0 spiro atoms. The molecule has 0 aliphatic rings. The van der Waals surface area contributed by atoms with Crippen LogP contribution in [-0.4, -0.2) is 25.3 Å². The molecule has 0 fully saturated rings. The van der Waals surface area contributed by atoms with Crippen LogP contribution in [0.25, 0.3) is 0 Å². The van der Waals surface area contributed by atoms with Gasteiger partial charge in [0.1, 0.15) is 5.03 Å². The molecule has 2 rings (SSSR count). The number of nitrogens with one attached hydrogen (secondary N) is 1. The average Bonchev–Trinajstić information content (AvgIpc) is 2.61. The average molecular weight is 305 g/mol. The molecule has 5 nitrogen and oxygen atoms in total. The smallest absolute Gasteiger partial charge is 0.194 e. The fourth-order valence-corrected chi connectivity index (χ4v) is 2.92. The van der Waals surface area contributed by atoms with Crippen molar-refractivity contribution in [1.29, 1.82) is 0 Å². The maximum Gasteiger partial charge on any atom is 0.194 e. The summed E-state index contributed by atoms with van der Waals surface area (Å²) in [6, 6.07) is 1.90. The van der Waals surface area contributed by atoms with Gasteiger partial charge in [0, 0.05) is 36.6 Å². The van der Waals surface area contributed by atoms with Crippen molar-refractivity contribution >= 4 is 11.8 Å². The van der Waals surface area contributed by atoms with E-state index in [2.05, 4.69) is 41.2 Å². The lowest BCUT2D eigenvalue weighted by Crippen LogP contribution is -2.35. The fourth-order valence-electron chi connectivity index (χ4n) is 1.93. The van der Waals surface area contributed by atoms with Crippen molar-refractivity contribution in [3.63, 3.8) is 0 Å². The fraction of sp³-hybridized carbons (Fsp3) is 0.533. The number of rotatable bonds is 4. The molecular weight excluding hydrogens is 282 g/mol. The van der Waals surface area contributed by atoms with Gasteiger partial charge in [-0.1, -0.05) is 0 Å². The van der Waals surface area contributed by atoms with Gasteiger partial charge in [-0.2, -0.15) is 5.10 Å². The number of aryl methyl sites for hydroxylation is 3. The van der Waals surface area contributed by atoms with Crippen LogP contribution in [0.1, 0.15) is 37.7 Å². The molecule has 0 atom stereocenters. The van der Waals surface area contributed by atoms with Crippen LogP contribution in [0, 0.1) is 13.8 Å². The predicted octanol–water partition coefficient (Wildman–Crippen LogP) is 2.87. The highest BCUT2D eigenvalue weighted by atomic mass is 32.2. The van der Waals surface area contributed by atoms with Crippen LogP contribution in [0.15, 0.2) is 22.4 Å². The van der Waals surface area contributed by atoms with Gasteiger partial charge in [-0.15, -0.1) is 0 Å². The summed E-state index contributed by atoms with van der Waals surface area (Å²) < 4.78 is 1.91. The van der Waals surface area contributed by atoms with Gasteiger partial charge in [-0.05, 0) is 52.4 Å². The Kier molecular flexibility index (Phi) is 4.68. The minimum Gasteiger partial charge on any atom is -0.308 e. The first kappa shape index (κ1) is 16.0. The molecule has 0 amide bonds. The van der Waals surface area contributed by atoms with E-state index in [1.807, 2.05) is 31.6 Å². The summed E-state index contributed by atoms with van der Waals surface area (Å²) >= 11 is 1.56. The Bertz CT molecular complexity index is 627. The van der Waals surface area contributed by atoms with Crippen molar-refractivity contribution in [1.82, 2.24) is 25.1 Å². The third kappa shape index (κ3) is 4.28. The Labute approximate surface area is 130 Å². The summed E-state index contributed by atoms with van der Waals surface area (Å²) in [5.74, 6) is 0. The molecule has 0 aliphatic carbocycles. The van der Waals surface area contributed by atoms with Gasteiger partial charge in [-0.3, -0.25) is 4.68 Å². The summed E-state index contributed by atoms with van der Waals surface area (Å²) in [6.45, 7) is 11.3. The van der Waals surface area contributed by atoms with Crippen LogP contribution in [0.5, 0.6) is 0 Å². The van der Waals surface area contributed by atoms with Gasteiger partial charge in [-0.25, -0.2) is 9.97 Å². The van der Waals surface area contributed by atoms with E-state index < -0.39 is 0 Å². The van der Waals surface area contributed by atoms with Crippen LogP contribution in [-0.2, 0) is 13.6 Å². The monoisotopic (exact) mass is 305 g/mol. The van der Waals surface area contributed by atoms with Gasteiger partial charge >= 0.3 is 0 Å². The molecule has 0 bridgehead atoms. The second-order valence-corrected chi connectivity index (χ2v) is 7.13. The van der Waals surface area contributed by atoms with Crippen molar-refractivity contribution < 1.29 is 0 Å². The molecule has 114 valence electrons. The van der Waals surface area contributed by atoms with E-state index in [4.69, 9.17) is 0 Å². The van der Waals surface area contributed by atoms with E-state index in [-0.39, 0.29) is 5.54 Å². The Morgan fingerprint density at radius 3 is 2.62 bits per heavy atom. The van der Waals surface area contributed by atoms with Crippen LogP contribution >= 0.6 is 11.8 Å². The summed E-state index contributed by atoms with van der Waals surface area (Å²) in [7, 11) is 1.96. The van der Waals surface area contributed by atoms with E-state index in [9.17, 15) is 0 Å². The minimum atomic E-state index is 0.0735. The molecule has 2 aromatic heterocycles. The molecule has 6 heteroatoms. The predicted molar refractivity (Wildman–Crippen MR) is 85.4 cm³/mol. The third-order valence-electron chi connectivity index (χ3n) is 3.04. The summed E-state index contributed by atoms with van der Waals surface area (Å²) in [4.78, 5) is 8.78. The van der Waals surface area contributed by atoms with Crippen LogP contribution in [0.4, 0.5) is 0 Å². The molecular formula is C15H23N5S. The van der Waals surface area contributed by atoms with Crippen molar-refractivity contribution in [2.45, 2.75) is 56.9 Å². The highest BCUT2D eigenvalue weighted by Crippen LogP contribution is 2.29. The van der Waals surface area contributed by atoms with Crippen molar-refractivity contribution in [2.24, 2.45) is 7.05 Å². The molecule has 2 aromatic rings. The first-order chi connectivity index (χ1) is 9.76. The lowest BCUT2D eigenvalue weighted by molar-refractivity contribution is 0.421. The highest BCUT2D eigenvalue weighted by molar-refractivity contribution is 7.99. The minimum absolute atomic E-state index is 0.0735. The van der Waals surface area contributed by atoms with Gasteiger partial charge in [0.05, 0.1) is 5.69 Å². The topological polar surface area (TPSA) is 55.6 Å². The van der Waals surface area contributed by atoms with E-state index in [1.54, 1.807) is 18.0 Å². The summed E-state index contributed by atoms with van der Waals surface area (Å²) in [5.41, 5.74) is 3.30. The van der Waals surface area contributed by atoms with Gasteiger partial charge in [0.15, 0.2) is 5.16 Å². The van der Waals surface area contributed by atoms with E-state index >= 15 is 0 Å². The van der Waals surface area contributed by atoms with E-state index in [1.165, 1.54) is 5.56 Å². The second-order valence-electron chi connectivity index (χ2n) is 6.18. The number of hydrogen-bond acceptors (Lipinski definition) is 5. The Morgan fingerprint density at radius 1 is 1.29 bits per heavy atom.